The molecule has 0 fully saturated rings. The van der Waals surface area contributed by atoms with Gasteiger partial charge in [-0.1, -0.05) is 196 Å². The van der Waals surface area contributed by atoms with Gasteiger partial charge in [-0.05, 0) is 109 Å². The molecule has 0 saturated heterocycles. The summed E-state index contributed by atoms with van der Waals surface area (Å²) in [6, 6.07) is 0. The van der Waals surface area contributed by atoms with E-state index in [0.29, 0.717) is 19.3 Å². The summed E-state index contributed by atoms with van der Waals surface area (Å²) >= 11 is 0. The van der Waals surface area contributed by atoms with Crippen LogP contribution in [-0.4, -0.2) is 95.9 Å². The molecule has 81 heavy (non-hydrogen) atoms. The summed E-state index contributed by atoms with van der Waals surface area (Å²) in [6.45, 7) is 2.42. The number of aliphatic hydroxyl groups is 2. The van der Waals surface area contributed by atoms with E-state index in [1.54, 1.807) is 0 Å². The zero-order valence-electron chi connectivity index (χ0n) is 50.2. The van der Waals surface area contributed by atoms with Crippen LogP contribution in [0.3, 0.4) is 0 Å². The lowest BCUT2D eigenvalue weighted by Crippen LogP contribution is -2.30. The summed E-state index contributed by atoms with van der Waals surface area (Å²) < 4.78 is 60.6. The number of phosphoric acid groups is 2. The van der Waals surface area contributed by atoms with Crippen LogP contribution in [0.1, 0.15) is 239 Å². The third kappa shape index (κ3) is 58.3. The van der Waals surface area contributed by atoms with E-state index >= 15 is 0 Å². The van der Waals surface area contributed by atoms with E-state index in [-0.39, 0.29) is 19.3 Å². The number of carbonyl (C=O) groups is 3. The number of allylic oxidation sites excluding steroid dienone is 14. The van der Waals surface area contributed by atoms with Gasteiger partial charge in [0.05, 0.1) is 26.4 Å². The largest absolute Gasteiger partial charge is 0.472 e. The van der Waals surface area contributed by atoms with Crippen LogP contribution in [0.4, 0.5) is 0 Å². The fourth-order valence-electron chi connectivity index (χ4n) is 7.81. The Morgan fingerprint density at radius 3 is 1.09 bits per heavy atom. The monoisotopic (exact) mass is 1180 g/mol. The molecular weight excluding hydrogens is 1070 g/mol. The lowest BCUT2D eigenvalue weighted by Gasteiger charge is -2.21. The summed E-state index contributed by atoms with van der Waals surface area (Å²) in [4.78, 5) is 58.1. The quantitative estimate of drug-likeness (QED) is 0.0146. The Balaban J connectivity index is 4.63. The summed E-state index contributed by atoms with van der Waals surface area (Å²) in [5, 5.41) is 20.5. The summed E-state index contributed by atoms with van der Waals surface area (Å²) in [7, 11) is -9.77. The minimum absolute atomic E-state index is 0.0908. The highest BCUT2D eigenvalue weighted by atomic mass is 31.2. The topological polar surface area (TPSA) is 231 Å². The van der Waals surface area contributed by atoms with Crippen LogP contribution in [0.2, 0.25) is 0 Å². The van der Waals surface area contributed by atoms with Crippen molar-refractivity contribution < 1.29 is 75.8 Å². The average Bonchev–Trinajstić information content (AvgIpc) is 3.44. The fraction of sp³-hybridized carbons (Fsp3) is 0.730. The molecule has 468 valence electrons. The van der Waals surface area contributed by atoms with Crippen molar-refractivity contribution in [1.29, 1.82) is 0 Å². The van der Waals surface area contributed by atoms with Gasteiger partial charge in [0, 0.05) is 19.3 Å². The smallest absolute Gasteiger partial charge is 0.463 e. The normalized spacial score (nSPS) is 15.0. The molecule has 16 nitrogen and oxygen atoms in total. The number of carbonyl (C=O) groups excluding carboxylic acids is 3. The number of hydrogen-bond acceptors (Lipinski definition) is 14. The fourth-order valence-corrected chi connectivity index (χ4v) is 9.39. The number of rotatable bonds is 58. The van der Waals surface area contributed by atoms with Crippen molar-refractivity contribution in [3.8, 4) is 0 Å². The van der Waals surface area contributed by atoms with Crippen molar-refractivity contribution in [2.24, 2.45) is 0 Å². The minimum atomic E-state index is -4.92. The lowest BCUT2D eigenvalue weighted by atomic mass is 10.1. The van der Waals surface area contributed by atoms with Crippen LogP contribution in [0.15, 0.2) is 85.1 Å². The first kappa shape index (κ1) is 77.7. The van der Waals surface area contributed by atoms with Gasteiger partial charge in [-0.3, -0.25) is 32.5 Å². The van der Waals surface area contributed by atoms with Gasteiger partial charge in [0.1, 0.15) is 25.4 Å². The van der Waals surface area contributed by atoms with Gasteiger partial charge in [-0.15, -0.1) is 0 Å². The van der Waals surface area contributed by atoms with Gasteiger partial charge in [-0.25, -0.2) is 9.13 Å². The zero-order valence-corrected chi connectivity index (χ0v) is 52.0. The first-order chi connectivity index (χ1) is 39.2. The number of unbranched alkanes of at least 4 members (excludes halogenated alkanes) is 21. The van der Waals surface area contributed by atoms with Crippen LogP contribution in [0.25, 0.3) is 0 Å². The molecule has 0 spiro atoms. The molecule has 0 bridgehead atoms. The molecule has 5 atom stereocenters. The van der Waals surface area contributed by atoms with E-state index in [9.17, 15) is 43.5 Å². The SMILES string of the molecule is CC/C=C\C/C=C\C/C=C\C/C=C\CCCCCCCCC(=O)OCC(O)COP(=O)(O)OCC(O)COP(=O)(O)OCC(COC(=O)CCCCCCC/C=C\C/C=C\CCCCC)OC(=O)CCCCCCC/C=C\CCCC. The van der Waals surface area contributed by atoms with Crippen molar-refractivity contribution in [2.75, 3.05) is 39.6 Å². The van der Waals surface area contributed by atoms with E-state index < -0.39 is 91.5 Å². The Hall–Kier alpha value is -3.27. The van der Waals surface area contributed by atoms with E-state index in [0.717, 1.165) is 148 Å². The summed E-state index contributed by atoms with van der Waals surface area (Å²) in [5.74, 6) is -1.62. The molecule has 0 rings (SSSR count). The first-order valence-electron chi connectivity index (χ1n) is 30.9. The second kappa shape index (κ2) is 57.2. The van der Waals surface area contributed by atoms with Gasteiger partial charge in [-0.2, -0.15) is 0 Å². The van der Waals surface area contributed by atoms with Crippen molar-refractivity contribution in [3.63, 3.8) is 0 Å². The van der Waals surface area contributed by atoms with E-state index in [2.05, 4.69) is 106 Å². The average molecular weight is 1190 g/mol. The van der Waals surface area contributed by atoms with Crippen LogP contribution in [-0.2, 0) is 55.8 Å². The van der Waals surface area contributed by atoms with Crippen LogP contribution in [0.5, 0.6) is 0 Å². The first-order valence-corrected chi connectivity index (χ1v) is 33.9. The third-order valence-electron chi connectivity index (χ3n) is 12.6. The molecule has 18 heteroatoms. The van der Waals surface area contributed by atoms with Gasteiger partial charge < -0.3 is 34.2 Å². The Kier molecular flexibility index (Phi) is 54.9. The number of hydrogen-bond donors (Lipinski definition) is 4. The maximum absolute atomic E-state index is 12.8. The second-order valence-electron chi connectivity index (χ2n) is 20.5. The van der Waals surface area contributed by atoms with Crippen molar-refractivity contribution >= 4 is 33.6 Å². The predicted molar refractivity (Wildman–Crippen MR) is 325 cm³/mol. The van der Waals surface area contributed by atoms with Crippen LogP contribution < -0.4 is 0 Å². The van der Waals surface area contributed by atoms with Gasteiger partial charge in [0.25, 0.3) is 0 Å². The van der Waals surface area contributed by atoms with Crippen molar-refractivity contribution in [2.45, 2.75) is 257 Å². The molecule has 0 amide bonds. The second-order valence-corrected chi connectivity index (χ2v) is 23.4. The standard InChI is InChI=1S/C63H110O16P2/c1-4-7-10-13-16-19-22-24-26-27-28-29-31-33-35-37-40-43-46-49-61(66)73-52-58(64)53-75-80(69,70)76-54-59(65)55-77-81(71,72)78-57-60(79-63(68)51-48-45-42-39-34-21-18-15-12-9-6-3)56-74-62(67)50-47-44-41-38-36-32-30-25-23-20-17-14-11-8-5-2/h7,10,15-20,24-26,28-30,58-60,64-65H,4-6,8-9,11-14,21-23,27,31-57H2,1-3H3,(H,69,70)(H,71,72)/b10-7-,18-15-,19-16-,20-17-,26-24-,29-28-,30-25-. The molecule has 0 saturated carbocycles. The third-order valence-corrected chi connectivity index (χ3v) is 14.5. The molecule has 0 aliphatic carbocycles. The molecule has 0 aliphatic heterocycles. The molecule has 0 aromatic rings. The molecule has 0 aromatic carbocycles. The highest BCUT2D eigenvalue weighted by molar-refractivity contribution is 7.47. The lowest BCUT2D eigenvalue weighted by molar-refractivity contribution is -0.161. The molecule has 0 heterocycles. The van der Waals surface area contributed by atoms with E-state index in [1.807, 2.05) is 0 Å². The Bertz CT molecular complexity index is 1830. The Morgan fingerprint density at radius 1 is 0.358 bits per heavy atom. The molecule has 4 N–H and O–H groups in total. The zero-order chi connectivity index (χ0) is 59.6. The number of ether oxygens (including phenoxy) is 3. The number of esters is 3. The molecular formula is C63H110O16P2. The highest BCUT2D eigenvalue weighted by Crippen LogP contribution is 2.45. The van der Waals surface area contributed by atoms with Crippen molar-refractivity contribution in [3.05, 3.63) is 85.1 Å². The molecule has 0 radical (unpaired) electrons. The minimum Gasteiger partial charge on any atom is -0.463 e. The van der Waals surface area contributed by atoms with Gasteiger partial charge >= 0.3 is 33.6 Å². The Morgan fingerprint density at radius 2 is 0.667 bits per heavy atom. The summed E-state index contributed by atoms with van der Waals surface area (Å²) in [5.41, 5.74) is 0. The van der Waals surface area contributed by atoms with E-state index in [4.69, 9.17) is 32.3 Å². The van der Waals surface area contributed by atoms with Gasteiger partial charge in [0.15, 0.2) is 6.10 Å². The summed E-state index contributed by atoms with van der Waals surface area (Å²) in [6.07, 6.45) is 58.0. The molecule has 0 aliphatic rings. The molecule has 5 unspecified atom stereocenters. The number of aliphatic hydroxyl groups excluding tert-OH is 2. The number of phosphoric ester groups is 2. The van der Waals surface area contributed by atoms with Gasteiger partial charge in [0.2, 0.25) is 0 Å². The molecule has 0 aromatic heterocycles. The van der Waals surface area contributed by atoms with E-state index in [1.165, 1.54) is 32.1 Å². The highest BCUT2D eigenvalue weighted by Gasteiger charge is 2.29. The predicted octanol–water partition coefficient (Wildman–Crippen LogP) is 16.2. The Labute approximate surface area is 489 Å². The maximum Gasteiger partial charge on any atom is 0.472 e. The van der Waals surface area contributed by atoms with Crippen LogP contribution in [0, 0.1) is 0 Å². The van der Waals surface area contributed by atoms with Crippen molar-refractivity contribution in [1.82, 2.24) is 0 Å². The van der Waals surface area contributed by atoms with Crippen LogP contribution >= 0.6 is 15.6 Å². The maximum atomic E-state index is 12.8.